The maximum absolute atomic E-state index is 3.31. The summed E-state index contributed by atoms with van der Waals surface area (Å²) in [6.07, 6.45) is 4.46. The predicted molar refractivity (Wildman–Crippen MR) is 67.2 cm³/mol. The Balaban J connectivity index is 0.000000153. The number of nitrogens with one attached hydrogen (secondary N) is 1. The first-order valence-electron chi connectivity index (χ1n) is 6.56. The minimum Gasteiger partial charge on any atom is -0.312 e. The maximum atomic E-state index is 3.31. The van der Waals surface area contributed by atoms with Crippen molar-refractivity contribution in [3.05, 3.63) is 0 Å². The van der Waals surface area contributed by atoms with Crippen LogP contribution in [0.4, 0.5) is 0 Å². The van der Waals surface area contributed by atoms with E-state index in [1.807, 2.05) is 0 Å². The van der Waals surface area contributed by atoms with Crippen LogP contribution < -0.4 is 5.32 Å². The highest BCUT2D eigenvalue weighted by atomic mass is 15.1. The molecule has 0 atom stereocenters. The maximum Gasteiger partial charge on any atom is 0.00127 e. The van der Waals surface area contributed by atoms with Crippen molar-refractivity contribution in [1.82, 2.24) is 10.2 Å². The number of hydrogen-bond donors (Lipinski definition) is 1. The third kappa shape index (κ3) is 5.53. The Morgan fingerprint density at radius 1 is 0.867 bits per heavy atom. The highest BCUT2D eigenvalue weighted by molar-refractivity contribution is 4.78. The molecule has 0 spiro atoms. The van der Waals surface area contributed by atoms with Crippen molar-refractivity contribution in [2.45, 2.75) is 59.0 Å². The normalized spacial score (nSPS) is 29.2. The molecule has 0 aliphatic carbocycles. The molecule has 0 aromatic heterocycles. The number of nitrogens with zero attached hydrogens (tertiary/aromatic N) is 1. The zero-order chi connectivity index (χ0) is 11.3. The van der Waals surface area contributed by atoms with Crippen molar-refractivity contribution in [2.24, 2.45) is 5.92 Å². The Morgan fingerprint density at radius 3 is 1.33 bits per heavy atom. The fraction of sp³-hybridized carbons (Fsp3) is 1.00. The number of fused-ring (bicyclic) bond motifs is 3. The molecule has 1 N–H and O–H groups in total. The molecule has 90 valence electrons. The quantitative estimate of drug-likeness (QED) is 0.756. The van der Waals surface area contributed by atoms with Gasteiger partial charge in [0.05, 0.1) is 0 Å². The second-order valence-electron chi connectivity index (χ2n) is 5.55. The molecule has 0 aromatic rings. The second-order valence-corrected chi connectivity index (χ2v) is 5.55. The van der Waals surface area contributed by atoms with E-state index in [-0.39, 0.29) is 0 Å². The first kappa shape index (κ1) is 13.0. The summed E-state index contributed by atoms with van der Waals surface area (Å²) in [4.78, 5) is 2.58. The van der Waals surface area contributed by atoms with Gasteiger partial charge in [0.2, 0.25) is 0 Å². The van der Waals surface area contributed by atoms with Crippen LogP contribution in [0.1, 0.15) is 47.0 Å². The average Bonchev–Trinajstić information content (AvgIpc) is 2.19. The number of piperidine rings is 3. The summed E-state index contributed by atoms with van der Waals surface area (Å²) < 4.78 is 0. The molecule has 2 bridgehead atoms. The Bertz CT molecular complexity index is 129. The molecule has 0 amide bonds. The fourth-order valence-electron chi connectivity index (χ4n) is 2.53. The molecule has 15 heavy (non-hydrogen) atoms. The molecule has 3 aliphatic rings. The van der Waals surface area contributed by atoms with E-state index < -0.39 is 0 Å². The molecular weight excluding hydrogens is 184 g/mol. The van der Waals surface area contributed by atoms with Gasteiger partial charge in [-0.15, -0.1) is 0 Å². The summed E-state index contributed by atoms with van der Waals surface area (Å²) in [5.74, 6) is 1.11. The van der Waals surface area contributed by atoms with Gasteiger partial charge in [0.15, 0.2) is 0 Å². The van der Waals surface area contributed by atoms with Crippen molar-refractivity contribution in [1.29, 1.82) is 0 Å². The summed E-state index contributed by atoms with van der Waals surface area (Å²) >= 11 is 0. The summed E-state index contributed by atoms with van der Waals surface area (Å²) in [6, 6.07) is 1.25. The molecule has 3 rings (SSSR count). The molecule has 3 fully saturated rings. The highest BCUT2D eigenvalue weighted by Gasteiger charge is 2.24. The van der Waals surface area contributed by atoms with E-state index in [4.69, 9.17) is 0 Å². The molecular formula is C13H28N2. The van der Waals surface area contributed by atoms with Crippen LogP contribution in [0.3, 0.4) is 0 Å². The molecule has 0 unspecified atom stereocenters. The van der Waals surface area contributed by atoms with Gasteiger partial charge in [-0.05, 0) is 44.8 Å². The van der Waals surface area contributed by atoms with Gasteiger partial charge < -0.3 is 10.2 Å². The Labute approximate surface area is 95.4 Å². The summed E-state index contributed by atoms with van der Waals surface area (Å²) in [7, 11) is 0. The van der Waals surface area contributed by atoms with E-state index >= 15 is 0 Å². The van der Waals surface area contributed by atoms with Crippen molar-refractivity contribution < 1.29 is 0 Å². The van der Waals surface area contributed by atoms with E-state index in [0.29, 0.717) is 12.1 Å². The number of hydrogen-bond acceptors (Lipinski definition) is 2. The summed E-state index contributed by atoms with van der Waals surface area (Å²) in [6.45, 7) is 12.8. The molecule has 0 aromatic carbocycles. The zero-order valence-corrected chi connectivity index (χ0v) is 10.9. The van der Waals surface area contributed by atoms with Crippen LogP contribution in [0, 0.1) is 5.92 Å². The van der Waals surface area contributed by atoms with Crippen molar-refractivity contribution >= 4 is 0 Å². The van der Waals surface area contributed by atoms with Gasteiger partial charge in [0.1, 0.15) is 0 Å². The largest absolute Gasteiger partial charge is 0.312 e. The lowest BCUT2D eigenvalue weighted by Gasteiger charge is -2.38. The van der Waals surface area contributed by atoms with E-state index in [1.165, 1.54) is 38.9 Å². The average molecular weight is 212 g/mol. The number of rotatable bonds is 2. The van der Waals surface area contributed by atoms with E-state index in [9.17, 15) is 0 Å². The van der Waals surface area contributed by atoms with Crippen LogP contribution in [0.25, 0.3) is 0 Å². The molecule has 3 saturated heterocycles. The van der Waals surface area contributed by atoms with Gasteiger partial charge >= 0.3 is 0 Å². The standard InChI is InChI=1S/C7H13N.C6H15N/c1-4-8-5-2-7(1)3-6-8;1-5(2)7-6(3)4/h7H,1-6H2;5-7H,1-4H3. The lowest BCUT2D eigenvalue weighted by molar-refractivity contribution is 0.111. The second kappa shape index (κ2) is 6.49. The third-order valence-corrected chi connectivity index (χ3v) is 3.23. The van der Waals surface area contributed by atoms with Gasteiger partial charge in [-0.1, -0.05) is 27.7 Å². The lowest BCUT2D eigenvalue weighted by Crippen LogP contribution is -2.41. The minimum absolute atomic E-state index is 0.625. The molecule has 0 radical (unpaired) electrons. The molecule has 3 heterocycles. The van der Waals surface area contributed by atoms with Crippen LogP contribution in [0.5, 0.6) is 0 Å². The van der Waals surface area contributed by atoms with Crippen LogP contribution in [0.2, 0.25) is 0 Å². The third-order valence-electron chi connectivity index (χ3n) is 3.23. The van der Waals surface area contributed by atoms with Crippen molar-refractivity contribution in [3.8, 4) is 0 Å². The Morgan fingerprint density at radius 2 is 1.27 bits per heavy atom. The van der Waals surface area contributed by atoms with E-state index in [2.05, 4.69) is 37.9 Å². The van der Waals surface area contributed by atoms with Crippen LogP contribution >= 0.6 is 0 Å². The van der Waals surface area contributed by atoms with Gasteiger partial charge in [-0.3, -0.25) is 0 Å². The van der Waals surface area contributed by atoms with Crippen LogP contribution in [-0.4, -0.2) is 36.6 Å². The molecule has 2 nitrogen and oxygen atoms in total. The van der Waals surface area contributed by atoms with Crippen molar-refractivity contribution in [3.63, 3.8) is 0 Å². The van der Waals surface area contributed by atoms with Gasteiger partial charge in [-0.25, -0.2) is 0 Å². The fourth-order valence-corrected chi connectivity index (χ4v) is 2.53. The monoisotopic (exact) mass is 212 g/mol. The van der Waals surface area contributed by atoms with Crippen LogP contribution in [-0.2, 0) is 0 Å². The van der Waals surface area contributed by atoms with E-state index in [1.54, 1.807) is 0 Å². The summed E-state index contributed by atoms with van der Waals surface area (Å²) in [5, 5.41) is 3.31. The van der Waals surface area contributed by atoms with E-state index in [0.717, 1.165) is 5.92 Å². The minimum atomic E-state index is 0.625. The van der Waals surface area contributed by atoms with Crippen LogP contribution in [0.15, 0.2) is 0 Å². The summed E-state index contributed by atoms with van der Waals surface area (Å²) in [5.41, 5.74) is 0. The van der Waals surface area contributed by atoms with Gasteiger partial charge in [-0.2, -0.15) is 0 Å². The Kier molecular flexibility index (Phi) is 5.62. The first-order valence-corrected chi connectivity index (χ1v) is 6.56. The topological polar surface area (TPSA) is 15.3 Å². The molecule has 0 saturated carbocycles. The SMILES string of the molecule is C1CN2CCC1CC2.CC(C)NC(C)C. The first-order chi connectivity index (χ1) is 7.08. The Hall–Kier alpha value is -0.0800. The lowest BCUT2D eigenvalue weighted by atomic mass is 9.89. The van der Waals surface area contributed by atoms with Gasteiger partial charge in [0, 0.05) is 12.1 Å². The smallest absolute Gasteiger partial charge is 0.00127 e. The van der Waals surface area contributed by atoms with Crippen molar-refractivity contribution in [2.75, 3.05) is 19.6 Å². The highest BCUT2D eigenvalue weighted by Crippen LogP contribution is 2.26. The molecule has 2 heteroatoms. The zero-order valence-electron chi connectivity index (χ0n) is 10.9. The van der Waals surface area contributed by atoms with Gasteiger partial charge in [0.25, 0.3) is 0 Å². The molecule has 3 aliphatic heterocycles. The predicted octanol–water partition coefficient (Wildman–Crippen LogP) is 2.49.